The second-order valence-electron chi connectivity index (χ2n) is 4.63. The zero-order valence-corrected chi connectivity index (χ0v) is 9.70. The van der Waals surface area contributed by atoms with Crippen molar-refractivity contribution >= 4 is 43.7 Å². The van der Waals surface area contributed by atoms with Crippen molar-refractivity contribution in [2.75, 3.05) is 11.5 Å². The van der Waals surface area contributed by atoms with Crippen LogP contribution in [0.1, 0.15) is 0 Å². The van der Waals surface area contributed by atoms with E-state index in [1.165, 1.54) is 16.2 Å². The molecular formula is C16H11N2. The van der Waals surface area contributed by atoms with E-state index in [2.05, 4.69) is 42.5 Å². The normalized spacial score (nSPS) is 11.8. The quantitative estimate of drug-likeness (QED) is 0.359. The number of benzene rings is 4. The van der Waals surface area contributed by atoms with E-state index >= 15 is 0 Å². The van der Waals surface area contributed by atoms with Crippen LogP contribution in [0.15, 0.2) is 42.5 Å². The van der Waals surface area contributed by atoms with Gasteiger partial charge in [0.25, 0.3) is 0 Å². The summed E-state index contributed by atoms with van der Waals surface area (Å²) in [5.41, 5.74) is 13.1. The first-order valence-corrected chi connectivity index (χ1v) is 5.89. The highest BCUT2D eigenvalue weighted by atomic mass is 14.7. The lowest BCUT2D eigenvalue weighted by Gasteiger charge is -2.13. The van der Waals surface area contributed by atoms with Crippen molar-refractivity contribution < 1.29 is 0 Å². The third kappa shape index (κ3) is 1.02. The molecule has 4 aromatic rings. The Kier molecular flexibility index (Phi) is 1.61. The van der Waals surface area contributed by atoms with Gasteiger partial charge in [-0.1, -0.05) is 42.5 Å². The highest BCUT2D eigenvalue weighted by molar-refractivity contribution is 6.26. The van der Waals surface area contributed by atoms with Crippen molar-refractivity contribution in [3.05, 3.63) is 48.5 Å². The van der Waals surface area contributed by atoms with Crippen molar-refractivity contribution in [3.8, 4) is 0 Å². The maximum atomic E-state index is 6.07. The minimum atomic E-state index is 0.529. The van der Waals surface area contributed by atoms with Crippen LogP contribution in [0.25, 0.3) is 32.3 Å². The molecule has 0 atom stereocenters. The topological polar surface area (TPSA) is 52.0 Å². The van der Waals surface area contributed by atoms with Crippen molar-refractivity contribution in [2.45, 2.75) is 0 Å². The maximum absolute atomic E-state index is 6.07. The molecule has 0 unspecified atom stereocenters. The molecule has 2 nitrogen and oxygen atoms in total. The van der Waals surface area contributed by atoms with Gasteiger partial charge in [-0.3, -0.25) is 0 Å². The summed E-state index contributed by atoms with van der Waals surface area (Å²) in [6.45, 7) is 0. The van der Waals surface area contributed by atoms with Crippen molar-refractivity contribution in [1.29, 1.82) is 0 Å². The number of nitrogen functional groups attached to an aromatic ring is 2. The summed E-state index contributed by atoms with van der Waals surface area (Å²) < 4.78 is 0. The van der Waals surface area contributed by atoms with E-state index in [0.29, 0.717) is 11.4 Å². The molecule has 0 saturated carbocycles. The molecule has 4 N–H and O–H groups in total. The van der Waals surface area contributed by atoms with Gasteiger partial charge in [0.1, 0.15) is 0 Å². The van der Waals surface area contributed by atoms with E-state index in [1.807, 2.05) is 6.07 Å². The summed E-state index contributed by atoms with van der Waals surface area (Å²) in [5, 5.41) is 6.91. The fourth-order valence-corrected chi connectivity index (χ4v) is 2.77. The minimum absolute atomic E-state index is 0.529. The Morgan fingerprint density at radius 2 is 1.50 bits per heavy atom. The highest BCUT2D eigenvalue weighted by Crippen LogP contribution is 2.38. The zero-order valence-electron chi connectivity index (χ0n) is 9.70. The largest absolute Gasteiger partial charge is 0.397 e. The molecule has 0 aromatic heterocycles. The zero-order chi connectivity index (χ0) is 12.3. The molecule has 0 spiro atoms. The van der Waals surface area contributed by atoms with Crippen LogP contribution in [-0.2, 0) is 0 Å². The summed E-state index contributed by atoms with van der Waals surface area (Å²) in [7, 11) is 0. The van der Waals surface area contributed by atoms with Gasteiger partial charge >= 0.3 is 0 Å². The van der Waals surface area contributed by atoms with Crippen LogP contribution in [-0.4, -0.2) is 0 Å². The van der Waals surface area contributed by atoms with Crippen LogP contribution in [0.5, 0.6) is 0 Å². The average molecular weight is 231 g/mol. The number of rotatable bonds is 0. The Labute approximate surface area is 104 Å². The van der Waals surface area contributed by atoms with Crippen LogP contribution in [0.4, 0.5) is 11.4 Å². The number of hydrogen-bond acceptors (Lipinski definition) is 2. The monoisotopic (exact) mass is 231 g/mol. The first-order chi connectivity index (χ1) is 8.75. The number of nitrogens with two attached hydrogens (primary N) is 2. The minimum Gasteiger partial charge on any atom is -0.397 e. The van der Waals surface area contributed by atoms with E-state index in [4.69, 9.17) is 11.5 Å². The number of hydrogen-bond donors (Lipinski definition) is 2. The predicted molar refractivity (Wildman–Crippen MR) is 77.8 cm³/mol. The molecule has 4 rings (SSSR count). The number of anilines is 2. The van der Waals surface area contributed by atoms with Gasteiger partial charge in [-0.05, 0) is 21.5 Å². The van der Waals surface area contributed by atoms with Crippen molar-refractivity contribution in [1.82, 2.24) is 0 Å². The summed E-state index contributed by atoms with van der Waals surface area (Å²) in [4.78, 5) is 0. The molecule has 85 valence electrons. The van der Waals surface area contributed by atoms with E-state index < -0.39 is 0 Å². The summed E-state index contributed by atoms with van der Waals surface area (Å²) in [6, 6.07) is 17.8. The first-order valence-electron chi connectivity index (χ1n) is 5.89. The van der Waals surface area contributed by atoms with Gasteiger partial charge in [0.15, 0.2) is 0 Å². The fourth-order valence-electron chi connectivity index (χ4n) is 2.77. The summed E-state index contributed by atoms with van der Waals surface area (Å²) >= 11 is 0. The molecule has 18 heavy (non-hydrogen) atoms. The van der Waals surface area contributed by atoms with Crippen LogP contribution < -0.4 is 11.5 Å². The average Bonchev–Trinajstić information content (AvgIpc) is 2.40. The molecule has 0 bridgehead atoms. The molecule has 0 aliphatic rings. The third-order valence-electron chi connectivity index (χ3n) is 3.63. The Hall–Kier alpha value is -2.48. The smallest absolute Gasteiger partial charge is 0.0641 e. The van der Waals surface area contributed by atoms with Crippen LogP contribution in [0.2, 0.25) is 0 Å². The third-order valence-corrected chi connectivity index (χ3v) is 3.63. The Morgan fingerprint density at radius 3 is 2.28 bits per heavy atom. The lowest BCUT2D eigenvalue weighted by atomic mass is 9.93. The molecule has 0 fully saturated rings. The molecule has 0 saturated heterocycles. The molecule has 2 heteroatoms. The van der Waals surface area contributed by atoms with E-state index in [-0.39, 0.29) is 0 Å². The van der Waals surface area contributed by atoms with Crippen LogP contribution in [0.3, 0.4) is 0 Å². The highest BCUT2D eigenvalue weighted by Gasteiger charge is 2.11. The Bertz CT molecular complexity index is 878. The van der Waals surface area contributed by atoms with Gasteiger partial charge in [-0.2, -0.15) is 0 Å². The molecule has 4 aromatic carbocycles. The summed E-state index contributed by atoms with van der Waals surface area (Å²) in [5.74, 6) is 0. The van der Waals surface area contributed by atoms with E-state index in [9.17, 15) is 0 Å². The van der Waals surface area contributed by atoms with Gasteiger partial charge in [0, 0.05) is 16.8 Å². The Balaban J connectivity index is 2.46. The standard InChI is InChI=1S/C16H11N2/c17-13-8-11-5-4-9-2-1-3-10-6-7-12(16(13)18)15(11)14(9)10/h1-7H,17-18H2. The van der Waals surface area contributed by atoms with Gasteiger partial charge in [0.05, 0.1) is 11.4 Å². The Morgan fingerprint density at radius 1 is 0.778 bits per heavy atom. The molecular weight excluding hydrogens is 220 g/mol. The maximum Gasteiger partial charge on any atom is 0.0641 e. The molecule has 1 radical (unpaired) electrons. The lowest BCUT2D eigenvalue weighted by molar-refractivity contribution is 1.72. The second-order valence-corrected chi connectivity index (χ2v) is 4.63. The van der Waals surface area contributed by atoms with Crippen LogP contribution in [0, 0.1) is 6.07 Å². The van der Waals surface area contributed by atoms with Crippen LogP contribution >= 0.6 is 0 Å². The van der Waals surface area contributed by atoms with E-state index in [1.54, 1.807) is 0 Å². The SMILES string of the molecule is Nc1[c]c2ccc3cccc4ccc(c1N)c2c34. The van der Waals surface area contributed by atoms with Gasteiger partial charge < -0.3 is 11.5 Å². The fraction of sp³-hybridized carbons (Fsp3) is 0. The lowest BCUT2D eigenvalue weighted by Crippen LogP contribution is -1.97. The van der Waals surface area contributed by atoms with Crippen molar-refractivity contribution in [3.63, 3.8) is 0 Å². The first kappa shape index (κ1) is 9.54. The van der Waals surface area contributed by atoms with Gasteiger partial charge in [-0.25, -0.2) is 0 Å². The molecule has 0 heterocycles. The van der Waals surface area contributed by atoms with Crippen molar-refractivity contribution in [2.24, 2.45) is 0 Å². The molecule has 0 aliphatic carbocycles. The van der Waals surface area contributed by atoms with E-state index in [0.717, 1.165) is 16.2 Å². The second kappa shape index (κ2) is 3.05. The summed E-state index contributed by atoms with van der Waals surface area (Å²) in [6.07, 6.45) is 0. The van der Waals surface area contributed by atoms with Gasteiger partial charge in [0.2, 0.25) is 0 Å². The molecule has 0 aliphatic heterocycles. The predicted octanol–water partition coefficient (Wildman–Crippen LogP) is 3.55. The molecule has 0 amide bonds. The van der Waals surface area contributed by atoms with Gasteiger partial charge in [-0.15, -0.1) is 0 Å².